The Kier molecular flexibility index (Phi) is 7.65. The van der Waals surface area contributed by atoms with Crippen LogP contribution in [0.5, 0.6) is 5.75 Å². The molecule has 0 bridgehead atoms. The summed E-state index contributed by atoms with van der Waals surface area (Å²) in [7, 11) is 0. The van der Waals surface area contributed by atoms with Crippen LogP contribution in [0.1, 0.15) is 37.5 Å². The summed E-state index contributed by atoms with van der Waals surface area (Å²) < 4.78 is 11.8. The molecule has 2 aromatic rings. The van der Waals surface area contributed by atoms with Crippen LogP contribution in [0.15, 0.2) is 36.4 Å². The van der Waals surface area contributed by atoms with E-state index in [-0.39, 0.29) is 5.91 Å². The van der Waals surface area contributed by atoms with E-state index < -0.39 is 12.2 Å². The van der Waals surface area contributed by atoms with Crippen LogP contribution < -0.4 is 19.9 Å². The van der Waals surface area contributed by atoms with Crippen molar-refractivity contribution in [2.75, 3.05) is 74.1 Å². The number of aliphatic hydroxyl groups excluding tert-OH is 1. The highest BCUT2D eigenvalue weighted by molar-refractivity contribution is 5.95. The maximum atomic E-state index is 13.2. The molecule has 36 heavy (non-hydrogen) atoms. The molecule has 0 aromatic heterocycles. The number of likely N-dealkylation sites (N-methyl/N-ethyl adjacent to an activating group) is 1. The highest BCUT2D eigenvalue weighted by Crippen LogP contribution is 2.40. The smallest absolute Gasteiger partial charge is 0.265 e. The zero-order valence-electron chi connectivity index (χ0n) is 21.4. The Balaban J connectivity index is 1.29. The molecule has 2 saturated heterocycles. The van der Waals surface area contributed by atoms with E-state index >= 15 is 0 Å². The van der Waals surface area contributed by atoms with Crippen LogP contribution in [0.2, 0.25) is 0 Å². The molecule has 2 unspecified atom stereocenters. The van der Waals surface area contributed by atoms with Crippen LogP contribution >= 0.6 is 0 Å². The number of carbonyl (C=O) groups is 1. The predicted octanol–water partition coefficient (Wildman–Crippen LogP) is 3.05. The third-order valence-corrected chi connectivity index (χ3v) is 7.55. The van der Waals surface area contributed by atoms with Crippen molar-refractivity contribution in [3.63, 3.8) is 0 Å². The standard InChI is InChI=1S/C28H38N4O4/c1-3-30-10-12-32(13-11-30)25-19-22(20(2)33)18-21-4-9-26(36-27(21)25)28(34)29-23-5-7-24(8-6-23)31-14-16-35-17-15-31/h5-8,18-20,26,33H,3-4,9-17H2,1-2H3,(H,29,34). The van der Waals surface area contributed by atoms with Crippen LogP contribution in [0, 0.1) is 0 Å². The molecule has 0 saturated carbocycles. The van der Waals surface area contributed by atoms with E-state index in [1.807, 2.05) is 36.4 Å². The average Bonchev–Trinajstić information content (AvgIpc) is 2.93. The van der Waals surface area contributed by atoms with Crippen molar-refractivity contribution < 1.29 is 19.4 Å². The minimum atomic E-state index is -0.551. The number of hydrogen-bond donors (Lipinski definition) is 2. The second kappa shape index (κ2) is 11.1. The van der Waals surface area contributed by atoms with Crippen molar-refractivity contribution in [3.05, 3.63) is 47.5 Å². The highest BCUT2D eigenvalue weighted by Gasteiger charge is 2.31. The molecule has 194 valence electrons. The SMILES string of the molecule is CCN1CCN(c2cc(C(C)O)cc3c2OC(C(=O)Nc2ccc(N4CCOCC4)cc2)CC3)CC1. The van der Waals surface area contributed by atoms with Crippen molar-refractivity contribution in [2.45, 2.75) is 38.9 Å². The maximum absolute atomic E-state index is 13.2. The van der Waals surface area contributed by atoms with Crippen LogP contribution in [0.25, 0.3) is 0 Å². The van der Waals surface area contributed by atoms with Gasteiger partial charge in [-0.25, -0.2) is 0 Å². The zero-order chi connectivity index (χ0) is 25.1. The third kappa shape index (κ3) is 5.45. The number of amides is 1. The second-order valence-corrected chi connectivity index (χ2v) is 9.91. The first kappa shape index (κ1) is 24.9. The topological polar surface area (TPSA) is 77.5 Å². The molecule has 5 rings (SSSR count). The van der Waals surface area contributed by atoms with Gasteiger partial charge in [0.2, 0.25) is 0 Å². The zero-order valence-corrected chi connectivity index (χ0v) is 21.4. The first-order valence-corrected chi connectivity index (χ1v) is 13.2. The fourth-order valence-electron chi connectivity index (χ4n) is 5.27. The molecular formula is C28H38N4O4. The summed E-state index contributed by atoms with van der Waals surface area (Å²) in [5.41, 5.74) is 4.87. The van der Waals surface area contributed by atoms with Gasteiger partial charge in [-0.1, -0.05) is 6.92 Å². The molecule has 8 heteroatoms. The number of hydrogen-bond acceptors (Lipinski definition) is 7. The lowest BCUT2D eigenvalue weighted by Crippen LogP contribution is -2.46. The summed E-state index contributed by atoms with van der Waals surface area (Å²) in [5, 5.41) is 13.3. The Bertz CT molecular complexity index is 1040. The Labute approximate surface area is 213 Å². The highest BCUT2D eigenvalue weighted by atomic mass is 16.5. The Morgan fingerprint density at radius 1 is 1.06 bits per heavy atom. The molecule has 2 fully saturated rings. The summed E-state index contributed by atoms with van der Waals surface area (Å²) in [6.07, 6.45) is 0.250. The lowest BCUT2D eigenvalue weighted by atomic mass is 9.96. The minimum Gasteiger partial charge on any atom is -0.478 e. The molecule has 2 N–H and O–H groups in total. The molecule has 0 radical (unpaired) electrons. The summed E-state index contributed by atoms with van der Waals surface area (Å²) in [4.78, 5) is 20.2. The van der Waals surface area contributed by atoms with Crippen molar-refractivity contribution in [3.8, 4) is 5.75 Å². The van der Waals surface area contributed by atoms with Gasteiger partial charge in [-0.05, 0) is 73.8 Å². The van der Waals surface area contributed by atoms with Crippen molar-refractivity contribution in [1.82, 2.24) is 4.90 Å². The summed E-state index contributed by atoms with van der Waals surface area (Å²) >= 11 is 0. The number of morpholine rings is 1. The lowest BCUT2D eigenvalue weighted by molar-refractivity contribution is -0.123. The number of anilines is 3. The number of ether oxygens (including phenoxy) is 2. The van der Waals surface area contributed by atoms with Gasteiger partial charge in [0.1, 0.15) is 5.75 Å². The van der Waals surface area contributed by atoms with Crippen LogP contribution in [0.3, 0.4) is 0 Å². The van der Waals surface area contributed by atoms with Gasteiger partial charge in [-0.3, -0.25) is 4.79 Å². The first-order chi connectivity index (χ1) is 17.5. The van der Waals surface area contributed by atoms with E-state index in [1.54, 1.807) is 6.92 Å². The van der Waals surface area contributed by atoms with Crippen molar-refractivity contribution in [2.24, 2.45) is 0 Å². The number of nitrogens with zero attached hydrogens (tertiary/aromatic N) is 3. The summed E-state index contributed by atoms with van der Waals surface area (Å²) in [5.74, 6) is 0.666. The number of aryl methyl sites for hydroxylation is 1. The summed E-state index contributed by atoms with van der Waals surface area (Å²) in [6.45, 7) is 12.1. The van der Waals surface area contributed by atoms with E-state index in [0.717, 1.165) is 99.4 Å². The van der Waals surface area contributed by atoms with Gasteiger partial charge in [0.05, 0.1) is 25.0 Å². The molecule has 8 nitrogen and oxygen atoms in total. The minimum absolute atomic E-state index is 0.124. The number of piperazine rings is 1. The predicted molar refractivity (Wildman–Crippen MR) is 142 cm³/mol. The lowest BCUT2D eigenvalue weighted by Gasteiger charge is -2.38. The number of nitrogens with one attached hydrogen (secondary N) is 1. The number of rotatable bonds is 6. The van der Waals surface area contributed by atoms with Gasteiger partial charge in [0.15, 0.2) is 6.10 Å². The third-order valence-electron chi connectivity index (χ3n) is 7.55. The Hall–Kier alpha value is -2.81. The van der Waals surface area contributed by atoms with Crippen LogP contribution in [0.4, 0.5) is 17.1 Å². The van der Waals surface area contributed by atoms with Crippen molar-refractivity contribution in [1.29, 1.82) is 0 Å². The number of aliphatic hydroxyl groups is 1. The van der Waals surface area contributed by atoms with Gasteiger partial charge < -0.3 is 34.6 Å². The number of benzene rings is 2. The van der Waals surface area contributed by atoms with Gasteiger partial charge in [0, 0.05) is 50.6 Å². The van der Waals surface area contributed by atoms with E-state index in [4.69, 9.17) is 9.47 Å². The van der Waals surface area contributed by atoms with E-state index in [1.165, 1.54) is 0 Å². The molecule has 3 heterocycles. The van der Waals surface area contributed by atoms with E-state index in [9.17, 15) is 9.90 Å². The molecule has 2 aromatic carbocycles. The molecule has 3 aliphatic rings. The summed E-state index contributed by atoms with van der Waals surface area (Å²) in [6, 6.07) is 12.1. The van der Waals surface area contributed by atoms with Crippen LogP contribution in [-0.4, -0.2) is 81.0 Å². The number of carbonyl (C=O) groups excluding carboxylic acids is 1. The van der Waals surface area contributed by atoms with Crippen molar-refractivity contribution >= 4 is 23.0 Å². The first-order valence-electron chi connectivity index (χ1n) is 13.2. The number of fused-ring (bicyclic) bond motifs is 1. The van der Waals surface area contributed by atoms with Gasteiger partial charge in [-0.2, -0.15) is 0 Å². The molecule has 3 aliphatic heterocycles. The van der Waals surface area contributed by atoms with Gasteiger partial charge in [0.25, 0.3) is 5.91 Å². The second-order valence-electron chi connectivity index (χ2n) is 9.91. The normalized spacial score (nSPS) is 21.5. The molecule has 0 aliphatic carbocycles. The quantitative estimate of drug-likeness (QED) is 0.639. The van der Waals surface area contributed by atoms with E-state index in [0.29, 0.717) is 6.42 Å². The van der Waals surface area contributed by atoms with Gasteiger partial charge >= 0.3 is 0 Å². The van der Waals surface area contributed by atoms with Crippen LogP contribution in [-0.2, 0) is 16.0 Å². The fraction of sp³-hybridized carbons (Fsp3) is 0.536. The Morgan fingerprint density at radius 3 is 2.44 bits per heavy atom. The largest absolute Gasteiger partial charge is 0.478 e. The molecule has 2 atom stereocenters. The molecule has 0 spiro atoms. The average molecular weight is 495 g/mol. The Morgan fingerprint density at radius 2 is 1.78 bits per heavy atom. The monoisotopic (exact) mass is 494 g/mol. The molecular weight excluding hydrogens is 456 g/mol. The maximum Gasteiger partial charge on any atom is 0.265 e. The fourth-order valence-corrected chi connectivity index (χ4v) is 5.27. The van der Waals surface area contributed by atoms with Gasteiger partial charge in [-0.15, -0.1) is 0 Å². The molecule has 1 amide bonds. The van der Waals surface area contributed by atoms with E-state index in [2.05, 4.69) is 26.9 Å².